The highest BCUT2D eigenvalue weighted by molar-refractivity contribution is 7.09. The summed E-state index contributed by atoms with van der Waals surface area (Å²) in [6.45, 7) is 7.83. The van der Waals surface area contributed by atoms with E-state index < -0.39 is 0 Å². The fraction of sp³-hybridized carbons (Fsp3) is 0.833. The maximum absolute atomic E-state index is 4.41. The highest BCUT2D eigenvalue weighted by atomic mass is 32.1. The van der Waals surface area contributed by atoms with Crippen LogP contribution in [0.25, 0.3) is 0 Å². The second-order valence-corrected chi connectivity index (χ2v) is 7.47. The zero-order valence-electron chi connectivity index (χ0n) is 14.3. The summed E-state index contributed by atoms with van der Waals surface area (Å²) in [5.41, 5.74) is 0.0213. The van der Waals surface area contributed by atoms with Crippen molar-refractivity contribution in [3.8, 4) is 0 Å². The Bertz CT molecular complexity index is 333. The van der Waals surface area contributed by atoms with Crippen LogP contribution in [0.5, 0.6) is 0 Å². The summed E-state index contributed by atoms with van der Waals surface area (Å²) in [7, 11) is 0. The Labute approximate surface area is 135 Å². The van der Waals surface area contributed by atoms with Gasteiger partial charge in [0.2, 0.25) is 0 Å². The summed E-state index contributed by atoms with van der Waals surface area (Å²) in [5, 5.41) is 6.88. The van der Waals surface area contributed by atoms with Crippen LogP contribution in [0.2, 0.25) is 0 Å². The molecule has 1 heterocycles. The van der Waals surface area contributed by atoms with Crippen molar-refractivity contribution in [1.82, 2.24) is 10.3 Å². The molecule has 1 rings (SSSR count). The largest absolute Gasteiger partial charge is 0.306 e. The SMILES string of the molecule is CCCCCCCCCCCCNC(C)(C)c1nccs1. The van der Waals surface area contributed by atoms with Crippen LogP contribution in [-0.4, -0.2) is 11.5 Å². The molecule has 0 aliphatic heterocycles. The summed E-state index contributed by atoms with van der Waals surface area (Å²) in [5.74, 6) is 0. The standard InChI is InChI=1S/C18H34N2S/c1-4-5-6-7-8-9-10-11-12-13-14-20-18(2,3)17-19-15-16-21-17/h15-16,20H,4-14H2,1-3H3. The molecule has 0 aromatic carbocycles. The van der Waals surface area contributed by atoms with Crippen molar-refractivity contribution in [3.05, 3.63) is 16.6 Å². The topological polar surface area (TPSA) is 24.9 Å². The third-order valence-corrected chi connectivity index (χ3v) is 5.16. The van der Waals surface area contributed by atoms with E-state index in [4.69, 9.17) is 0 Å². The Balaban J connectivity index is 1.91. The van der Waals surface area contributed by atoms with E-state index in [1.807, 2.05) is 6.20 Å². The first-order valence-corrected chi connectivity index (χ1v) is 9.70. The molecule has 0 bridgehead atoms. The monoisotopic (exact) mass is 310 g/mol. The van der Waals surface area contributed by atoms with E-state index in [-0.39, 0.29) is 5.54 Å². The van der Waals surface area contributed by atoms with Crippen LogP contribution < -0.4 is 5.32 Å². The average molecular weight is 311 g/mol. The van der Waals surface area contributed by atoms with Gasteiger partial charge in [-0.1, -0.05) is 64.7 Å². The summed E-state index contributed by atoms with van der Waals surface area (Å²) in [4.78, 5) is 4.41. The van der Waals surface area contributed by atoms with Crippen molar-refractivity contribution in [1.29, 1.82) is 0 Å². The fourth-order valence-electron chi connectivity index (χ4n) is 2.62. The van der Waals surface area contributed by atoms with E-state index in [0.29, 0.717) is 0 Å². The molecule has 0 atom stereocenters. The van der Waals surface area contributed by atoms with Gasteiger partial charge in [0.25, 0.3) is 0 Å². The van der Waals surface area contributed by atoms with Gasteiger partial charge in [-0.3, -0.25) is 0 Å². The minimum Gasteiger partial charge on any atom is -0.306 e. The molecule has 0 spiro atoms. The number of hydrogen-bond acceptors (Lipinski definition) is 3. The number of unbranched alkanes of at least 4 members (excludes halogenated alkanes) is 9. The van der Waals surface area contributed by atoms with Crippen molar-refractivity contribution in [3.63, 3.8) is 0 Å². The zero-order valence-corrected chi connectivity index (χ0v) is 15.1. The second kappa shape index (κ2) is 11.2. The van der Waals surface area contributed by atoms with Crippen molar-refractivity contribution in [2.75, 3.05) is 6.54 Å². The molecule has 0 aliphatic carbocycles. The smallest absolute Gasteiger partial charge is 0.112 e. The van der Waals surface area contributed by atoms with Gasteiger partial charge in [-0.15, -0.1) is 11.3 Å². The number of thiazole rings is 1. The van der Waals surface area contributed by atoms with Crippen LogP contribution in [0, 0.1) is 0 Å². The highest BCUT2D eigenvalue weighted by Gasteiger charge is 2.21. The Morgan fingerprint density at radius 1 is 0.952 bits per heavy atom. The molecule has 2 nitrogen and oxygen atoms in total. The summed E-state index contributed by atoms with van der Waals surface area (Å²) < 4.78 is 0. The average Bonchev–Trinajstić information content (AvgIpc) is 3.00. The van der Waals surface area contributed by atoms with E-state index in [1.165, 1.54) is 69.2 Å². The number of aromatic nitrogens is 1. The molecule has 21 heavy (non-hydrogen) atoms. The maximum atomic E-state index is 4.41. The fourth-order valence-corrected chi connectivity index (χ4v) is 3.36. The molecule has 1 aromatic heterocycles. The Morgan fingerprint density at radius 3 is 2.05 bits per heavy atom. The van der Waals surface area contributed by atoms with Crippen LogP contribution in [0.4, 0.5) is 0 Å². The van der Waals surface area contributed by atoms with Crippen molar-refractivity contribution >= 4 is 11.3 Å². The van der Waals surface area contributed by atoms with E-state index in [9.17, 15) is 0 Å². The van der Waals surface area contributed by atoms with Gasteiger partial charge in [-0.2, -0.15) is 0 Å². The van der Waals surface area contributed by atoms with E-state index in [1.54, 1.807) is 11.3 Å². The van der Waals surface area contributed by atoms with Gasteiger partial charge in [-0.25, -0.2) is 4.98 Å². The molecule has 0 amide bonds. The number of nitrogens with one attached hydrogen (secondary N) is 1. The number of nitrogens with zero attached hydrogens (tertiary/aromatic N) is 1. The van der Waals surface area contributed by atoms with Crippen LogP contribution >= 0.6 is 11.3 Å². The van der Waals surface area contributed by atoms with Gasteiger partial charge in [0.15, 0.2) is 0 Å². The molecule has 1 N–H and O–H groups in total. The lowest BCUT2D eigenvalue weighted by molar-refractivity contribution is 0.393. The van der Waals surface area contributed by atoms with Gasteiger partial charge < -0.3 is 5.32 Å². The summed E-state index contributed by atoms with van der Waals surface area (Å²) in [6, 6.07) is 0. The first kappa shape index (κ1) is 18.6. The van der Waals surface area contributed by atoms with Crippen molar-refractivity contribution in [2.45, 2.75) is 90.5 Å². The quantitative estimate of drug-likeness (QED) is 0.460. The molecular formula is C18H34N2S. The molecule has 0 saturated carbocycles. The maximum Gasteiger partial charge on any atom is 0.112 e. The van der Waals surface area contributed by atoms with E-state index in [0.717, 1.165) is 6.54 Å². The lowest BCUT2D eigenvalue weighted by Crippen LogP contribution is -2.37. The Hall–Kier alpha value is -0.410. The summed E-state index contributed by atoms with van der Waals surface area (Å²) >= 11 is 1.74. The third-order valence-electron chi connectivity index (χ3n) is 4.06. The molecule has 0 fully saturated rings. The first-order chi connectivity index (χ1) is 10.2. The first-order valence-electron chi connectivity index (χ1n) is 8.82. The van der Waals surface area contributed by atoms with Crippen molar-refractivity contribution in [2.24, 2.45) is 0 Å². The molecule has 0 unspecified atom stereocenters. The predicted molar refractivity (Wildman–Crippen MR) is 95.0 cm³/mol. The summed E-state index contributed by atoms with van der Waals surface area (Å²) in [6.07, 6.45) is 15.9. The van der Waals surface area contributed by atoms with E-state index >= 15 is 0 Å². The van der Waals surface area contributed by atoms with Gasteiger partial charge >= 0.3 is 0 Å². The molecule has 0 saturated heterocycles. The molecule has 1 aromatic rings. The molecule has 0 radical (unpaired) electrons. The van der Waals surface area contributed by atoms with Gasteiger partial charge in [-0.05, 0) is 26.8 Å². The lowest BCUT2D eigenvalue weighted by Gasteiger charge is -2.23. The molecule has 0 aliphatic rings. The lowest BCUT2D eigenvalue weighted by atomic mass is 10.0. The van der Waals surface area contributed by atoms with Crippen LogP contribution in [0.3, 0.4) is 0 Å². The normalized spacial score (nSPS) is 12.0. The minimum atomic E-state index is 0.0213. The molecule has 3 heteroatoms. The molecule has 122 valence electrons. The van der Waals surface area contributed by atoms with Gasteiger partial charge in [0.1, 0.15) is 5.01 Å². The number of hydrogen-bond donors (Lipinski definition) is 1. The highest BCUT2D eigenvalue weighted by Crippen LogP contribution is 2.21. The van der Waals surface area contributed by atoms with Crippen LogP contribution in [0.1, 0.15) is 90.0 Å². The van der Waals surface area contributed by atoms with Gasteiger partial charge in [0.05, 0.1) is 5.54 Å². The predicted octanol–water partition coefficient (Wildman–Crippen LogP) is 5.89. The van der Waals surface area contributed by atoms with Crippen LogP contribution in [0.15, 0.2) is 11.6 Å². The second-order valence-electron chi connectivity index (χ2n) is 6.57. The Morgan fingerprint density at radius 2 is 1.52 bits per heavy atom. The number of rotatable bonds is 13. The van der Waals surface area contributed by atoms with Crippen LogP contribution in [-0.2, 0) is 5.54 Å². The van der Waals surface area contributed by atoms with E-state index in [2.05, 4.69) is 36.5 Å². The third kappa shape index (κ3) is 8.57. The Kier molecular flexibility index (Phi) is 9.94. The van der Waals surface area contributed by atoms with Gasteiger partial charge in [0, 0.05) is 11.6 Å². The van der Waals surface area contributed by atoms with Crippen molar-refractivity contribution < 1.29 is 0 Å². The zero-order chi connectivity index (χ0) is 15.4. The minimum absolute atomic E-state index is 0.0213. The molecular weight excluding hydrogens is 276 g/mol.